The average Bonchev–Trinajstić information content (AvgIpc) is 2.70. The number of rotatable bonds is 4. The summed E-state index contributed by atoms with van der Waals surface area (Å²) in [5.41, 5.74) is 5.10. The molecule has 1 saturated heterocycles. The van der Waals surface area contributed by atoms with Crippen LogP contribution in [0.3, 0.4) is 0 Å². The highest BCUT2D eigenvalue weighted by Gasteiger charge is 2.42. The third-order valence-corrected chi connectivity index (χ3v) is 3.53. The molecule has 0 bridgehead atoms. The minimum Gasteiger partial charge on any atom is -0.394 e. The van der Waals surface area contributed by atoms with Gasteiger partial charge >= 0.3 is 0 Å². The van der Waals surface area contributed by atoms with E-state index in [4.69, 9.17) is 15.6 Å². The summed E-state index contributed by atoms with van der Waals surface area (Å²) in [7, 11) is 0. The van der Waals surface area contributed by atoms with Crippen LogP contribution in [0.5, 0.6) is 0 Å². The zero-order valence-electron chi connectivity index (χ0n) is 10.6. The number of thioether (sulfide) groups is 1. The van der Waals surface area contributed by atoms with Crippen molar-refractivity contribution in [1.82, 2.24) is 9.97 Å². The molecule has 0 saturated carbocycles. The molecule has 112 valence electrons. The van der Waals surface area contributed by atoms with Gasteiger partial charge in [0, 0.05) is 0 Å². The monoisotopic (exact) mass is 304 g/mol. The van der Waals surface area contributed by atoms with Crippen LogP contribution in [-0.2, 0) is 4.74 Å². The molecule has 2 rings (SSSR count). The SMILES string of the molecule is CSc1nc(N)c(NC2O[C@@H](CO)[C@@H](O)[C@@H]2O)c(=O)[nH]1. The summed E-state index contributed by atoms with van der Waals surface area (Å²) in [5.74, 6) is -0.0455. The van der Waals surface area contributed by atoms with Crippen LogP contribution in [0.15, 0.2) is 9.95 Å². The molecule has 1 aliphatic heterocycles. The van der Waals surface area contributed by atoms with E-state index in [1.165, 1.54) is 11.8 Å². The summed E-state index contributed by atoms with van der Waals surface area (Å²) in [4.78, 5) is 18.3. The Labute approximate surface area is 118 Å². The number of nitrogens with two attached hydrogens (primary N) is 1. The predicted octanol–water partition coefficient (Wildman–Crippen LogP) is -2.08. The number of aromatic nitrogens is 2. The van der Waals surface area contributed by atoms with Crippen LogP contribution in [0, 0.1) is 0 Å². The third kappa shape index (κ3) is 2.74. The minimum atomic E-state index is -1.30. The highest BCUT2D eigenvalue weighted by Crippen LogP contribution is 2.23. The average molecular weight is 304 g/mol. The fourth-order valence-corrected chi connectivity index (χ4v) is 2.25. The summed E-state index contributed by atoms with van der Waals surface area (Å²) in [6.45, 7) is -0.452. The van der Waals surface area contributed by atoms with Crippen LogP contribution in [-0.4, -0.2) is 62.7 Å². The van der Waals surface area contributed by atoms with Gasteiger partial charge in [0.25, 0.3) is 5.56 Å². The summed E-state index contributed by atoms with van der Waals surface area (Å²) in [5, 5.41) is 31.3. The lowest BCUT2D eigenvalue weighted by Crippen LogP contribution is -2.38. The number of aromatic amines is 1. The van der Waals surface area contributed by atoms with Crippen molar-refractivity contribution >= 4 is 23.3 Å². The molecule has 0 aromatic carbocycles. The van der Waals surface area contributed by atoms with Gasteiger partial charge < -0.3 is 31.1 Å². The fraction of sp³-hybridized carbons (Fsp3) is 0.600. The summed E-state index contributed by atoms with van der Waals surface area (Å²) < 4.78 is 5.20. The van der Waals surface area contributed by atoms with Gasteiger partial charge in [-0.2, -0.15) is 0 Å². The number of aliphatic hydroxyl groups excluding tert-OH is 3. The lowest BCUT2D eigenvalue weighted by molar-refractivity contribution is -0.0153. The molecule has 1 unspecified atom stereocenters. The van der Waals surface area contributed by atoms with E-state index in [0.29, 0.717) is 5.16 Å². The minimum absolute atomic E-state index is 0.0455. The van der Waals surface area contributed by atoms with E-state index in [0.717, 1.165) is 0 Å². The maximum Gasteiger partial charge on any atom is 0.277 e. The number of nitrogens with zero attached hydrogens (tertiary/aromatic N) is 1. The molecule has 10 heteroatoms. The second-order valence-corrected chi connectivity index (χ2v) is 5.03. The van der Waals surface area contributed by atoms with Crippen LogP contribution in [0.4, 0.5) is 11.5 Å². The Bertz CT molecular complexity index is 539. The maximum absolute atomic E-state index is 11.8. The molecule has 7 N–H and O–H groups in total. The summed E-state index contributed by atoms with van der Waals surface area (Å²) in [6.07, 6.45) is -2.81. The molecule has 2 heterocycles. The fourth-order valence-electron chi connectivity index (χ4n) is 1.87. The smallest absolute Gasteiger partial charge is 0.277 e. The topological polar surface area (TPSA) is 154 Å². The lowest BCUT2D eigenvalue weighted by Gasteiger charge is -2.17. The number of aliphatic hydroxyl groups is 3. The quantitative estimate of drug-likeness (QED) is 0.272. The molecule has 1 aliphatic rings. The van der Waals surface area contributed by atoms with Crippen molar-refractivity contribution in [1.29, 1.82) is 0 Å². The molecule has 1 fully saturated rings. The van der Waals surface area contributed by atoms with Crippen molar-refractivity contribution in [2.24, 2.45) is 0 Å². The Morgan fingerprint density at radius 2 is 2.20 bits per heavy atom. The Kier molecular flexibility index (Phi) is 4.50. The Hall–Kier alpha value is -1.33. The number of nitrogen functional groups attached to an aromatic ring is 1. The van der Waals surface area contributed by atoms with E-state index in [1.807, 2.05) is 0 Å². The van der Waals surface area contributed by atoms with E-state index in [9.17, 15) is 15.0 Å². The molecule has 0 aliphatic carbocycles. The van der Waals surface area contributed by atoms with Crippen LogP contribution < -0.4 is 16.6 Å². The molecule has 0 amide bonds. The summed E-state index contributed by atoms with van der Waals surface area (Å²) >= 11 is 1.23. The van der Waals surface area contributed by atoms with Gasteiger partial charge in [-0.1, -0.05) is 11.8 Å². The van der Waals surface area contributed by atoms with Gasteiger partial charge in [-0.05, 0) is 6.26 Å². The zero-order valence-corrected chi connectivity index (χ0v) is 11.4. The highest BCUT2D eigenvalue weighted by atomic mass is 32.2. The van der Waals surface area contributed by atoms with Crippen molar-refractivity contribution < 1.29 is 20.1 Å². The maximum atomic E-state index is 11.8. The predicted molar refractivity (Wildman–Crippen MR) is 72.4 cm³/mol. The third-order valence-electron chi connectivity index (χ3n) is 2.95. The van der Waals surface area contributed by atoms with E-state index in [-0.39, 0.29) is 11.5 Å². The molecule has 1 aromatic heterocycles. The molecule has 1 aromatic rings. The van der Waals surface area contributed by atoms with Crippen LogP contribution in [0.2, 0.25) is 0 Å². The van der Waals surface area contributed by atoms with Crippen molar-refractivity contribution in [3.05, 3.63) is 10.4 Å². The van der Waals surface area contributed by atoms with Crippen LogP contribution >= 0.6 is 11.8 Å². The normalized spacial score (nSPS) is 29.6. The number of hydrogen-bond donors (Lipinski definition) is 6. The molecule has 0 radical (unpaired) electrons. The molecule has 0 spiro atoms. The Balaban J connectivity index is 2.21. The van der Waals surface area contributed by atoms with Gasteiger partial charge in [0.05, 0.1) is 6.61 Å². The number of hydrogen-bond acceptors (Lipinski definition) is 9. The first-order valence-corrected chi connectivity index (χ1v) is 7.03. The Morgan fingerprint density at radius 1 is 1.50 bits per heavy atom. The zero-order chi connectivity index (χ0) is 14.9. The second kappa shape index (κ2) is 5.97. The molecule has 4 atom stereocenters. The van der Waals surface area contributed by atoms with Crippen molar-refractivity contribution in [3.8, 4) is 0 Å². The Morgan fingerprint density at radius 3 is 2.70 bits per heavy atom. The summed E-state index contributed by atoms with van der Waals surface area (Å²) in [6, 6.07) is 0. The van der Waals surface area contributed by atoms with Gasteiger partial charge in [0.1, 0.15) is 24.0 Å². The van der Waals surface area contributed by atoms with Crippen molar-refractivity contribution in [2.45, 2.75) is 29.7 Å². The number of anilines is 2. The largest absolute Gasteiger partial charge is 0.394 e. The van der Waals surface area contributed by atoms with Crippen molar-refractivity contribution in [2.75, 3.05) is 23.9 Å². The first-order valence-electron chi connectivity index (χ1n) is 5.80. The lowest BCUT2D eigenvalue weighted by atomic mass is 10.1. The molecular formula is C10H16N4O5S. The van der Waals surface area contributed by atoms with E-state index in [2.05, 4.69) is 15.3 Å². The van der Waals surface area contributed by atoms with Gasteiger partial charge in [0.15, 0.2) is 17.2 Å². The number of ether oxygens (including phenoxy) is 1. The van der Waals surface area contributed by atoms with Gasteiger partial charge in [-0.15, -0.1) is 0 Å². The van der Waals surface area contributed by atoms with Crippen LogP contribution in [0.25, 0.3) is 0 Å². The standard InChI is InChI=1S/C10H16N4O5S/c1-20-10-13-7(11)4(8(18)14-10)12-9-6(17)5(16)3(2-15)19-9/h3,5-6,9,12,15-17H,2H2,1H3,(H3,11,13,14,18)/t3-,5+,6-,9?/m0/s1. The number of H-pyrrole nitrogens is 1. The molecule has 9 nitrogen and oxygen atoms in total. The van der Waals surface area contributed by atoms with Gasteiger partial charge in [-0.3, -0.25) is 9.78 Å². The highest BCUT2D eigenvalue weighted by molar-refractivity contribution is 7.98. The van der Waals surface area contributed by atoms with Gasteiger partial charge in [-0.25, -0.2) is 4.98 Å². The first kappa shape index (κ1) is 15.1. The van der Waals surface area contributed by atoms with Crippen molar-refractivity contribution in [3.63, 3.8) is 0 Å². The first-order chi connectivity index (χ1) is 9.47. The molecular weight excluding hydrogens is 288 g/mol. The van der Waals surface area contributed by atoms with E-state index < -0.39 is 36.7 Å². The molecule has 20 heavy (non-hydrogen) atoms. The number of nitrogens with one attached hydrogen (secondary N) is 2. The van der Waals surface area contributed by atoms with Crippen LogP contribution in [0.1, 0.15) is 0 Å². The van der Waals surface area contributed by atoms with Gasteiger partial charge in [0.2, 0.25) is 0 Å². The van der Waals surface area contributed by atoms with E-state index in [1.54, 1.807) is 6.26 Å². The second-order valence-electron chi connectivity index (χ2n) is 4.24. The van der Waals surface area contributed by atoms with E-state index >= 15 is 0 Å².